The maximum absolute atomic E-state index is 11.5. The number of aliphatic hydroxyl groups excluding tert-OH is 1. The van der Waals surface area contributed by atoms with Crippen LogP contribution in [0.1, 0.15) is 21.6 Å². The Bertz CT molecular complexity index is 582. The Kier molecular flexibility index (Phi) is 4.68. The van der Waals surface area contributed by atoms with Gasteiger partial charge in [0.15, 0.2) is 0 Å². The van der Waals surface area contributed by atoms with E-state index in [4.69, 9.17) is 9.84 Å². The number of ether oxygens (including phenoxy) is 1. The molecular weight excluding hydrogens is 256 g/mol. The minimum atomic E-state index is -0.124. The number of aromatic nitrogens is 1. The van der Waals surface area contributed by atoms with Gasteiger partial charge in [0.25, 0.3) is 5.91 Å². The number of nitrogens with zero attached hydrogens (tertiary/aromatic N) is 1. The van der Waals surface area contributed by atoms with E-state index in [0.717, 1.165) is 5.56 Å². The molecule has 0 aliphatic heterocycles. The van der Waals surface area contributed by atoms with Gasteiger partial charge in [-0.2, -0.15) is 0 Å². The molecule has 1 aromatic heterocycles. The largest absolute Gasteiger partial charge is 0.487 e. The molecule has 0 saturated heterocycles. The SMILES string of the molecule is CNC(=O)c1cccc(COc2ccc(CO)nc2)c1. The van der Waals surface area contributed by atoms with Crippen molar-refractivity contribution < 1.29 is 14.6 Å². The fraction of sp³-hybridized carbons (Fsp3) is 0.200. The fourth-order valence-corrected chi connectivity index (χ4v) is 1.70. The Labute approximate surface area is 117 Å². The van der Waals surface area contributed by atoms with Gasteiger partial charge in [-0.1, -0.05) is 12.1 Å². The molecule has 0 bridgehead atoms. The van der Waals surface area contributed by atoms with Crippen LogP contribution in [0.15, 0.2) is 42.6 Å². The van der Waals surface area contributed by atoms with E-state index in [1.165, 1.54) is 0 Å². The lowest BCUT2D eigenvalue weighted by atomic mass is 10.1. The maximum Gasteiger partial charge on any atom is 0.251 e. The Hall–Kier alpha value is -2.40. The maximum atomic E-state index is 11.5. The predicted octanol–water partition coefficient (Wildman–Crippen LogP) is 1.51. The van der Waals surface area contributed by atoms with Gasteiger partial charge in [0.2, 0.25) is 0 Å². The first-order valence-electron chi connectivity index (χ1n) is 6.22. The van der Waals surface area contributed by atoms with Crippen LogP contribution in [0, 0.1) is 0 Å². The summed E-state index contributed by atoms with van der Waals surface area (Å²) in [5, 5.41) is 11.5. The fourth-order valence-electron chi connectivity index (χ4n) is 1.70. The number of hydrogen-bond donors (Lipinski definition) is 2. The third-order valence-electron chi connectivity index (χ3n) is 2.78. The lowest BCUT2D eigenvalue weighted by Gasteiger charge is -2.07. The summed E-state index contributed by atoms with van der Waals surface area (Å²) < 4.78 is 5.58. The molecule has 0 radical (unpaired) electrons. The minimum Gasteiger partial charge on any atom is -0.487 e. The molecule has 0 aliphatic carbocycles. The topological polar surface area (TPSA) is 71.5 Å². The third kappa shape index (κ3) is 3.55. The van der Waals surface area contributed by atoms with E-state index in [0.29, 0.717) is 23.6 Å². The van der Waals surface area contributed by atoms with Gasteiger partial charge in [0.1, 0.15) is 12.4 Å². The molecule has 0 aliphatic rings. The highest BCUT2D eigenvalue weighted by Gasteiger charge is 2.04. The summed E-state index contributed by atoms with van der Waals surface area (Å²) in [4.78, 5) is 15.6. The van der Waals surface area contributed by atoms with Crippen LogP contribution >= 0.6 is 0 Å². The van der Waals surface area contributed by atoms with Gasteiger partial charge in [-0.05, 0) is 29.8 Å². The molecule has 2 rings (SSSR count). The molecule has 0 atom stereocenters. The molecule has 5 nitrogen and oxygen atoms in total. The first kappa shape index (κ1) is 14.0. The molecule has 0 fully saturated rings. The van der Waals surface area contributed by atoms with E-state index in [9.17, 15) is 4.79 Å². The molecule has 104 valence electrons. The van der Waals surface area contributed by atoms with Gasteiger partial charge in [0.05, 0.1) is 18.5 Å². The zero-order valence-corrected chi connectivity index (χ0v) is 11.2. The first-order chi connectivity index (χ1) is 9.72. The normalized spacial score (nSPS) is 10.1. The molecule has 2 N–H and O–H groups in total. The molecule has 1 aromatic carbocycles. The van der Waals surface area contributed by atoms with Crippen molar-refractivity contribution in [3.63, 3.8) is 0 Å². The quantitative estimate of drug-likeness (QED) is 0.865. The van der Waals surface area contributed by atoms with Crippen molar-refractivity contribution in [2.24, 2.45) is 0 Å². The van der Waals surface area contributed by atoms with Crippen LogP contribution in [0.4, 0.5) is 0 Å². The van der Waals surface area contributed by atoms with Crippen molar-refractivity contribution in [1.29, 1.82) is 0 Å². The van der Waals surface area contributed by atoms with Crippen LogP contribution in [0.2, 0.25) is 0 Å². The van der Waals surface area contributed by atoms with Gasteiger partial charge in [-0.15, -0.1) is 0 Å². The second-order valence-electron chi connectivity index (χ2n) is 4.21. The summed E-state index contributed by atoms with van der Waals surface area (Å²) in [6, 6.07) is 10.7. The average Bonchev–Trinajstić information content (AvgIpc) is 2.53. The summed E-state index contributed by atoms with van der Waals surface area (Å²) >= 11 is 0. The molecule has 2 aromatic rings. The first-order valence-corrected chi connectivity index (χ1v) is 6.22. The monoisotopic (exact) mass is 272 g/mol. The minimum absolute atomic E-state index is 0.0888. The second kappa shape index (κ2) is 6.68. The molecule has 1 amide bonds. The van der Waals surface area contributed by atoms with Crippen molar-refractivity contribution >= 4 is 5.91 Å². The molecular formula is C15H16N2O3. The van der Waals surface area contributed by atoms with E-state index in [1.54, 1.807) is 37.5 Å². The van der Waals surface area contributed by atoms with Crippen molar-refractivity contribution in [2.45, 2.75) is 13.2 Å². The number of pyridine rings is 1. The van der Waals surface area contributed by atoms with Crippen LogP contribution in [0.3, 0.4) is 0 Å². The Morgan fingerprint density at radius 1 is 1.35 bits per heavy atom. The van der Waals surface area contributed by atoms with Crippen LogP contribution in [-0.2, 0) is 13.2 Å². The molecule has 5 heteroatoms. The van der Waals surface area contributed by atoms with Crippen LogP contribution in [-0.4, -0.2) is 23.0 Å². The van der Waals surface area contributed by atoms with E-state index in [-0.39, 0.29) is 12.5 Å². The summed E-state index contributed by atoms with van der Waals surface area (Å²) in [6.07, 6.45) is 1.56. The van der Waals surface area contributed by atoms with Crippen molar-refractivity contribution in [3.05, 3.63) is 59.4 Å². The van der Waals surface area contributed by atoms with Gasteiger partial charge in [0, 0.05) is 12.6 Å². The Morgan fingerprint density at radius 2 is 2.20 bits per heavy atom. The second-order valence-corrected chi connectivity index (χ2v) is 4.21. The number of amides is 1. The van der Waals surface area contributed by atoms with E-state index < -0.39 is 0 Å². The Balaban J connectivity index is 2.01. The van der Waals surface area contributed by atoms with Crippen LogP contribution < -0.4 is 10.1 Å². The standard InChI is InChI=1S/C15H16N2O3/c1-16-15(19)12-4-2-3-11(7-12)10-20-14-6-5-13(9-18)17-8-14/h2-8,18H,9-10H2,1H3,(H,16,19). The molecule has 0 spiro atoms. The number of carbonyl (C=O) groups is 1. The zero-order valence-electron chi connectivity index (χ0n) is 11.2. The van der Waals surface area contributed by atoms with E-state index in [1.807, 2.05) is 12.1 Å². The molecule has 1 heterocycles. The zero-order chi connectivity index (χ0) is 14.4. The average molecular weight is 272 g/mol. The van der Waals surface area contributed by atoms with Crippen molar-refractivity contribution in [1.82, 2.24) is 10.3 Å². The predicted molar refractivity (Wildman–Crippen MR) is 74.3 cm³/mol. The molecule has 20 heavy (non-hydrogen) atoms. The summed E-state index contributed by atoms with van der Waals surface area (Å²) in [7, 11) is 1.60. The number of carbonyl (C=O) groups excluding carboxylic acids is 1. The lowest BCUT2D eigenvalue weighted by molar-refractivity contribution is 0.0963. The van der Waals surface area contributed by atoms with E-state index in [2.05, 4.69) is 10.3 Å². The van der Waals surface area contributed by atoms with Gasteiger partial charge >= 0.3 is 0 Å². The summed E-state index contributed by atoms with van der Waals surface area (Å²) in [6.45, 7) is 0.263. The number of rotatable bonds is 5. The Morgan fingerprint density at radius 3 is 2.85 bits per heavy atom. The van der Waals surface area contributed by atoms with Crippen LogP contribution in [0.5, 0.6) is 5.75 Å². The van der Waals surface area contributed by atoms with Gasteiger partial charge in [-0.3, -0.25) is 9.78 Å². The smallest absolute Gasteiger partial charge is 0.251 e. The molecule has 0 unspecified atom stereocenters. The highest BCUT2D eigenvalue weighted by atomic mass is 16.5. The highest BCUT2D eigenvalue weighted by Crippen LogP contribution is 2.13. The lowest BCUT2D eigenvalue weighted by Crippen LogP contribution is -2.17. The number of aliphatic hydroxyl groups is 1. The molecule has 0 saturated carbocycles. The number of benzene rings is 1. The van der Waals surface area contributed by atoms with Crippen molar-refractivity contribution in [3.8, 4) is 5.75 Å². The third-order valence-corrected chi connectivity index (χ3v) is 2.78. The summed E-state index contributed by atoms with van der Waals surface area (Å²) in [5.74, 6) is 0.494. The van der Waals surface area contributed by atoms with E-state index >= 15 is 0 Å². The highest BCUT2D eigenvalue weighted by molar-refractivity contribution is 5.94. The van der Waals surface area contributed by atoms with Gasteiger partial charge < -0.3 is 15.2 Å². The van der Waals surface area contributed by atoms with Crippen molar-refractivity contribution in [2.75, 3.05) is 7.05 Å². The number of hydrogen-bond acceptors (Lipinski definition) is 4. The number of nitrogens with one attached hydrogen (secondary N) is 1. The van der Waals surface area contributed by atoms with Gasteiger partial charge in [-0.25, -0.2) is 0 Å². The van der Waals surface area contributed by atoms with Crippen LogP contribution in [0.25, 0.3) is 0 Å². The summed E-state index contributed by atoms with van der Waals surface area (Å²) in [5.41, 5.74) is 2.10.